The van der Waals surface area contributed by atoms with Crippen molar-refractivity contribution in [2.45, 2.75) is 40.0 Å². The molecule has 3 rings (SSSR count). The van der Waals surface area contributed by atoms with Crippen molar-refractivity contribution < 1.29 is 0 Å². The van der Waals surface area contributed by atoms with Gasteiger partial charge in [0, 0.05) is 0 Å². The first-order valence-electron chi connectivity index (χ1n) is 5.20. The molecule has 11 heavy (non-hydrogen) atoms. The van der Waals surface area contributed by atoms with Crippen LogP contribution >= 0.6 is 0 Å². The lowest BCUT2D eigenvalue weighted by molar-refractivity contribution is -0.157. The molecule has 3 saturated carbocycles. The van der Waals surface area contributed by atoms with Crippen LogP contribution in [0.5, 0.6) is 0 Å². The van der Waals surface area contributed by atoms with E-state index in [4.69, 9.17) is 0 Å². The Bertz CT molecular complexity index is 138. The predicted octanol–water partition coefficient (Wildman–Crippen LogP) is 3.32. The molecule has 0 spiro atoms. The minimum absolute atomic E-state index is 0.922. The summed E-state index contributed by atoms with van der Waals surface area (Å²) in [5.74, 6) is 5.49. The smallest absolute Gasteiger partial charge is 0.0352 e. The molecule has 0 aliphatic heterocycles. The van der Waals surface area contributed by atoms with Crippen molar-refractivity contribution in [1.82, 2.24) is 0 Å². The van der Waals surface area contributed by atoms with Crippen LogP contribution in [0.25, 0.3) is 0 Å². The molecule has 0 N–H and O–H groups in total. The first-order chi connectivity index (χ1) is 5.20. The average Bonchev–Trinajstić information content (AvgIpc) is 1.82. The van der Waals surface area contributed by atoms with Crippen LogP contribution in [-0.2, 0) is 0 Å². The average molecular weight is 152 g/mol. The highest BCUT2D eigenvalue weighted by atomic mass is 14.6. The molecular weight excluding hydrogens is 132 g/mol. The van der Waals surface area contributed by atoms with Gasteiger partial charge in [0.05, 0.1) is 0 Å². The van der Waals surface area contributed by atoms with Gasteiger partial charge in [-0.2, -0.15) is 0 Å². The van der Waals surface area contributed by atoms with Crippen LogP contribution in [0.4, 0.5) is 0 Å². The maximum absolute atomic E-state index is 2.44. The highest BCUT2D eigenvalue weighted by Gasteiger charge is 2.57. The predicted molar refractivity (Wildman–Crippen MR) is 48.3 cm³/mol. The third-order valence-corrected chi connectivity index (χ3v) is 4.07. The van der Waals surface area contributed by atoms with E-state index in [1.807, 2.05) is 0 Å². The molecule has 0 heterocycles. The highest BCUT2D eigenvalue weighted by molar-refractivity contribution is 5.06. The normalized spacial score (nSPS) is 46.9. The first-order valence-corrected chi connectivity index (χ1v) is 5.20. The van der Waals surface area contributed by atoms with Crippen molar-refractivity contribution in [2.24, 2.45) is 29.6 Å². The topological polar surface area (TPSA) is 0 Å². The SMILES string of the molecule is CC(C)CCC1C2CC1C2C. The highest BCUT2D eigenvalue weighted by Crippen LogP contribution is 2.64. The zero-order valence-electron chi connectivity index (χ0n) is 8.01. The van der Waals surface area contributed by atoms with Crippen molar-refractivity contribution in [2.75, 3.05) is 0 Å². The van der Waals surface area contributed by atoms with Gasteiger partial charge in [-0.25, -0.2) is 0 Å². The summed E-state index contributed by atoms with van der Waals surface area (Å²) in [5, 5.41) is 0. The number of hydrogen-bond donors (Lipinski definition) is 0. The van der Waals surface area contributed by atoms with Crippen LogP contribution in [-0.4, -0.2) is 0 Å². The molecule has 2 unspecified atom stereocenters. The van der Waals surface area contributed by atoms with Crippen molar-refractivity contribution in [1.29, 1.82) is 0 Å². The Morgan fingerprint density at radius 3 is 2.27 bits per heavy atom. The fraction of sp³-hybridized carbons (Fsp3) is 1.00. The largest absolute Gasteiger partial charge is 0.0628 e. The van der Waals surface area contributed by atoms with E-state index in [-0.39, 0.29) is 0 Å². The molecule has 0 radical (unpaired) electrons. The molecule has 0 heteroatoms. The molecule has 0 aromatic carbocycles. The monoisotopic (exact) mass is 152 g/mol. The van der Waals surface area contributed by atoms with Crippen LogP contribution in [0.2, 0.25) is 0 Å². The van der Waals surface area contributed by atoms with Crippen LogP contribution in [0.1, 0.15) is 40.0 Å². The zero-order valence-corrected chi connectivity index (χ0v) is 8.01. The van der Waals surface area contributed by atoms with Crippen LogP contribution in [0.3, 0.4) is 0 Å². The molecule has 3 aliphatic rings. The van der Waals surface area contributed by atoms with Crippen molar-refractivity contribution in [3.05, 3.63) is 0 Å². The Hall–Kier alpha value is 0. The molecule has 0 aromatic rings. The summed E-state index contributed by atoms with van der Waals surface area (Å²) in [7, 11) is 0. The minimum Gasteiger partial charge on any atom is -0.0628 e. The van der Waals surface area contributed by atoms with Gasteiger partial charge < -0.3 is 0 Å². The van der Waals surface area contributed by atoms with E-state index in [9.17, 15) is 0 Å². The number of rotatable bonds is 3. The van der Waals surface area contributed by atoms with Crippen LogP contribution in [0, 0.1) is 29.6 Å². The van der Waals surface area contributed by atoms with Crippen molar-refractivity contribution in [3.63, 3.8) is 0 Å². The van der Waals surface area contributed by atoms with Gasteiger partial charge in [0.1, 0.15) is 0 Å². The van der Waals surface area contributed by atoms with E-state index >= 15 is 0 Å². The molecule has 2 bridgehead atoms. The van der Waals surface area contributed by atoms with Gasteiger partial charge in [0.15, 0.2) is 0 Å². The van der Waals surface area contributed by atoms with E-state index in [0.29, 0.717) is 0 Å². The second-order valence-corrected chi connectivity index (χ2v) is 5.06. The summed E-state index contributed by atoms with van der Waals surface area (Å²) in [6.45, 7) is 7.12. The molecule has 0 nitrogen and oxygen atoms in total. The zero-order chi connectivity index (χ0) is 8.01. The molecule has 3 aliphatic carbocycles. The van der Waals surface area contributed by atoms with Gasteiger partial charge >= 0.3 is 0 Å². The van der Waals surface area contributed by atoms with Gasteiger partial charge in [-0.3, -0.25) is 0 Å². The first kappa shape index (κ1) is 7.64. The summed E-state index contributed by atoms with van der Waals surface area (Å²) in [5.41, 5.74) is 0. The summed E-state index contributed by atoms with van der Waals surface area (Å²) in [6.07, 6.45) is 4.56. The molecule has 0 aromatic heterocycles. The van der Waals surface area contributed by atoms with Crippen molar-refractivity contribution >= 4 is 0 Å². The summed E-state index contributed by atoms with van der Waals surface area (Å²) in [6, 6.07) is 0. The third-order valence-electron chi connectivity index (χ3n) is 4.07. The molecule has 0 saturated heterocycles. The van der Waals surface area contributed by atoms with E-state index in [2.05, 4.69) is 20.8 Å². The van der Waals surface area contributed by atoms with E-state index in [1.54, 1.807) is 6.42 Å². The maximum Gasteiger partial charge on any atom is -0.0352 e. The van der Waals surface area contributed by atoms with Gasteiger partial charge in [0.2, 0.25) is 0 Å². The Morgan fingerprint density at radius 1 is 1.27 bits per heavy atom. The van der Waals surface area contributed by atoms with Gasteiger partial charge in [0.25, 0.3) is 0 Å². The molecule has 64 valence electrons. The Balaban J connectivity index is 1.68. The molecule has 2 atom stereocenters. The van der Waals surface area contributed by atoms with E-state index in [1.165, 1.54) is 12.8 Å². The second-order valence-electron chi connectivity index (χ2n) is 5.06. The third kappa shape index (κ3) is 1.02. The Labute approximate surface area is 70.4 Å². The van der Waals surface area contributed by atoms with Crippen LogP contribution < -0.4 is 0 Å². The minimum atomic E-state index is 0.922. The molecule has 3 fully saturated rings. The van der Waals surface area contributed by atoms with E-state index < -0.39 is 0 Å². The lowest BCUT2D eigenvalue weighted by atomic mass is 9.41. The standard InChI is InChI=1S/C11H20/c1-7(2)4-5-9-10-6-11(9)8(10)3/h7-11H,4-6H2,1-3H3. The lowest BCUT2D eigenvalue weighted by Crippen LogP contribution is -2.58. The fourth-order valence-corrected chi connectivity index (χ4v) is 2.92. The molecule has 0 amide bonds. The maximum atomic E-state index is 2.44. The Kier molecular flexibility index (Phi) is 1.74. The second kappa shape index (κ2) is 2.50. The summed E-state index contributed by atoms with van der Waals surface area (Å²) < 4.78 is 0. The van der Waals surface area contributed by atoms with Gasteiger partial charge in [-0.1, -0.05) is 27.2 Å². The lowest BCUT2D eigenvalue weighted by Gasteiger charge is -2.64. The van der Waals surface area contributed by atoms with Crippen molar-refractivity contribution in [3.8, 4) is 0 Å². The fourth-order valence-electron chi connectivity index (χ4n) is 2.92. The van der Waals surface area contributed by atoms with Gasteiger partial charge in [-0.05, 0) is 42.4 Å². The quantitative estimate of drug-likeness (QED) is 0.582. The Morgan fingerprint density at radius 2 is 1.91 bits per heavy atom. The summed E-state index contributed by atoms with van der Waals surface area (Å²) >= 11 is 0. The van der Waals surface area contributed by atoms with Crippen LogP contribution in [0.15, 0.2) is 0 Å². The number of hydrogen-bond acceptors (Lipinski definition) is 0. The summed E-state index contributed by atoms with van der Waals surface area (Å²) in [4.78, 5) is 0. The van der Waals surface area contributed by atoms with E-state index in [0.717, 1.165) is 29.6 Å². The molecular formula is C11H20. The van der Waals surface area contributed by atoms with Gasteiger partial charge in [-0.15, -0.1) is 0 Å².